The summed E-state index contributed by atoms with van der Waals surface area (Å²) < 4.78 is 19.4. The molecule has 1 saturated heterocycles. The van der Waals surface area contributed by atoms with Gasteiger partial charge in [-0.25, -0.2) is 4.79 Å². The van der Waals surface area contributed by atoms with E-state index in [1.807, 2.05) is 63.2 Å². The Balaban J connectivity index is 1.52. The highest BCUT2D eigenvalue weighted by Crippen LogP contribution is 2.40. The average Bonchev–Trinajstić information content (AvgIpc) is 3.18. The maximum absolute atomic E-state index is 13.5. The summed E-state index contributed by atoms with van der Waals surface area (Å²) in [6, 6.07) is 31.4. The summed E-state index contributed by atoms with van der Waals surface area (Å²) in [5, 5.41) is 2.77. The van der Waals surface area contributed by atoms with Gasteiger partial charge in [0.05, 0.1) is 27.4 Å². The first-order chi connectivity index (χ1) is 20.1. The molecule has 0 unspecified atom stereocenters. The molecule has 6 nitrogen and oxygen atoms in total. The summed E-state index contributed by atoms with van der Waals surface area (Å²) in [6.45, 7) is 11.2. The van der Waals surface area contributed by atoms with Gasteiger partial charge in [-0.2, -0.15) is 5.06 Å². The van der Waals surface area contributed by atoms with E-state index in [0.717, 1.165) is 17.2 Å². The smallest absolute Gasteiger partial charge is 0.435 e. The number of hydrogen-bond acceptors (Lipinski definition) is 5. The van der Waals surface area contributed by atoms with Crippen LogP contribution in [0, 0.1) is 5.92 Å². The summed E-state index contributed by atoms with van der Waals surface area (Å²) in [4.78, 5) is 20.0. The molecule has 0 radical (unpaired) electrons. The number of hydrogen-bond donors (Lipinski definition) is 0. The monoisotopic (exact) mass is 585 g/mol. The topological polar surface area (TPSA) is 57.2 Å². The third kappa shape index (κ3) is 7.39. The summed E-state index contributed by atoms with van der Waals surface area (Å²) in [5.41, 5.74) is 1.48. The van der Waals surface area contributed by atoms with Crippen LogP contribution in [0.3, 0.4) is 0 Å². The van der Waals surface area contributed by atoms with Crippen LogP contribution in [-0.4, -0.2) is 49.2 Å². The van der Waals surface area contributed by atoms with Crippen LogP contribution >= 0.6 is 0 Å². The Bertz CT molecular complexity index is 1330. The maximum atomic E-state index is 13.5. The summed E-state index contributed by atoms with van der Waals surface area (Å²) in [5.74, 6) is -0.0509. The van der Waals surface area contributed by atoms with Crippen molar-refractivity contribution in [2.24, 2.45) is 5.92 Å². The minimum atomic E-state index is -1.97. The van der Waals surface area contributed by atoms with E-state index in [4.69, 9.17) is 19.0 Å². The predicted octanol–water partition coefficient (Wildman–Crippen LogP) is 6.88. The van der Waals surface area contributed by atoms with E-state index >= 15 is 0 Å². The van der Waals surface area contributed by atoms with Crippen LogP contribution in [0.5, 0.6) is 0 Å². The van der Waals surface area contributed by atoms with Gasteiger partial charge in [-0.15, -0.1) is 0 Å². The lowest BCUT2D eigenvalue weighted by atomic mass is 9.94. The highest BCUT2D eigenvalue weighted by molar-refractivity contribution is 6.89. The second kappa shape index (κ2) is 13.0. The number of amides is 1. The van der Waals surface area contributed by atoms with Gasteiger partial charge in [-0.3, -0.25) is 4.84 Å². The molecule has 1 amide bonds. The van der Waals surface area contributed by atoms with Crippen LogP contribution in [-0.2, 0) is 32.3 Å². The Morgan fingerprint density at radius 1 is 0.786 bits per heavy atom. The summed E-state index contributed by atoms with van der Waals surface area (Å²) in [6.07, 6.45) is 2.45. The SMILES string of the molecule is CC(C)(C)OC(=O)N1O[C@@H]2C=C[C@H]1[C@@H](OCc1ccccc1)[C@@H](OCc1ccccc1)[C@@H]2C[Si](C)(C)c1ccccc1. The molecular formula is C35H43NO5Si. The molecule has 0 saturated carbocycles. The fraction of sp³-hybridized carbons (Fsp3) is 0.400. The van der Waals surface area contributed by atoms with Gasteiger partial charge in [-0.1, -0.05) is 121 Å². The highest BCUT2D eigenvalue weighted by atomic mass is 28.3. The van der Waals surface area contributed by atoms with Crippen molar-refractivity contribution >= 4 is 19.4 Å². The molecule has 0 spiro atoms. The zero-order valence-corrected chi connectivity index (χ0v) is 26.3. The number of fused-ring (bicyclic) bond motifs is 3. The van der Waals surface area contributed by atoms with E-state index < -0.39 is 31.9 Å². The Kier molecular flexibility index (Phi) is 9.33. The molecule has 0 aromatic heterocycles. The first-order valence-electron chi connectivity index (χ1n) is 14.8. The van der Waals surface area contributed by atoms with E-state index in [1.54, 1.807) is 0 Å². The Morgan fingerprint density at radius 2 is 1.31 bits per heavy atom. The van der Waals surface area contributed by atoms with Crippen LogP contribution in [0.15, 0.2) is 103 Å². The molecule has 3 aliphatic rings. The minimum absolute atomic E-state index is 0.0509. The molecule has 1 aliphatic carbocycles. The van der Waals surface area contributed by atoms with Gasteiger partial charge in [0.1, 0.15) is 23.9 Å². The second-order valence-electron chi connectivity index (χ2n) is 12.9. The van der Waals surface area contributed by atoms with E-state index in [1.165, 1.54) is 10.2 Å². The van der Waals surface area contributed by atoms with Crippen LogP contribution in [0.4, 0.5) is 4.79 Å². The molecule has 2 heterocycles. The number of nitrogens with zero attached hydrogens (tertiary/aromatic N) is 1. The molecule has 1 fully saturated rings. The van der Waals surface area contributed by atoms with Crippen molar-refractivity contribution in [3.05, 3.63) is 114 Å². The standard InChI is InChI=1S/C35H43NO5Si/c1-35(2,3)40-34(37)36-30-21-22-31(41-36)29(25-42(4,5)28-19-13-8-14-20-28)32(38-23-26-15-9-6-10-16-26)33(30)39-24-27-17-11-7-12-18-27/h6-22,29-33H,23-25H2,1-5H3/t29-,30+,31-,32+,33-/m1/s1. The fourth-order valence-corrected chi connectivity index (χ4v) is 8.85. The van der Waals surface area contributed by atoms with Gasteiger partial charge < -0.3 is 14.2 Å². The molecule has 3 aromatic rings. The zero-order valence-electron chi connectivity index (χ0n) is 25.3. The van der Waals surface area contributed by atoms with Crippen molar-refractivity contribution < 1.29 is 23.8 Å². The van der Waals surface area contributed by atoms with Gasteiger partial charge in [-0.05, 0) is 37.9 Å². The molecule has 0 N–H and O–H groups in total. The van der Waals surface area contributed by atoms with Crippen LogP contribution in [0.1, 0.15) is 31.9 Å². The normalized spacial score (nSPS) is 23.9. The van der Waals surface area contributed by atoms with Gasteiger partial charge in [0, 0.05) is 5.92 Å². The van der Waals surface area contributed by atoms with Crippen LogP contribution < -0.4 is 5.19 Å². The second-order valence-corrected chi connectivity index (χ2v) is 17.6. The molecular weight excluding hydrogens is 542 g/mol. The molecule has 42 heavy (non-hydrogen) atoms. The van der Waals surface area contributed by atoms with Crippen molar-refractivity contribution in [2.75, 3.05) is 0 Å². The zero-order chi connectivity index (χ0) is 29.7. The Hall–Kier alpha value is -3.23. The molecule has 222 valence electrons. The Labute approximate surface area is 251 Å². The lowest BCUT2D eigenvalue weighted by molar-refractivity contribution is -0.200. The highest BCUT2D eigenvalue weighted by Gasteiger charge is 2.52. The molecule has 3 aromatic carbocycles. The number of carbonyl (C=O) groups is 1. The van der Waals surface area contributed by atoms with E-state index in [0.29, 0.717) is 13.2 Å². The lowest BCUT2D eigenvalue weighted by Gasteiger charge is -2.37. The number of rotatable bonds is 9. The third-order valence-electron chi connectivity index (χ3n) is 7.95. The summed E-state index contributed by atoms with van der Waals surface area (Å²) in [7, 11) is -1.97. The van der Waals surface area contributed by atoms with E-state index in [-0.39, 0.29) is 18.1 Å². The quantitative estimate of drug-likeness (QED) is 0.202. The first kappa shape index (κ1) is 30.2. The van der Waals surface area contributed by atoms with Gasteiger partial charge in [0.25, 0.3) is 0 Å². The lowest BCUT2D eigenvalue weighted by Crippen LogP contribution is -2.52. The third-order valence-corrected chi connectivity index (χ3v) is 11.3. The van der Waals surface area contributed by atoms with Crippen LogP contribution in [0.25, 0.3) is 0 Å². The number of carbonyl (C=O) groups excluding carboxylic acids is 1. The van der Waals surface area contributed by atoms with E-state index in [9.17, 15) is 4.79 Å². The number of ether oxygens (including phenoxy) is 3. The van der Waals surface area contributed by atoms with Crippen molar-refractivity contribution in [2.45, 2.75) is 83.1 Å². The van der Waals surface area contributed by atoms with Gasteiger partial charge >= 0.3 is 6.09 Å². The minimum Gasteiger partial charge on any atom is -0.442 e. The van der Waals surface area contributed by atoms with Gasteiger partial charge in [0.2, 0.25) is 0 Å². The molecule has 5 atom stereocenters. The molecule has 2 aliphatic heterocycles. The molecule has 6 rings (SSSR count). The largest absolute Gasteiger partial charge is 0.442 e. The van der Waals surface area contributed by atoms with Crippen molar-refractivity contribution in [3.8, 4) is 0 Å². The van der Waals surface area contributed by atoms with Crippen molar-refractivity contribution in [3.63, 3.8) is 0 Å². The maximum Gasteiger partial charge on any atom is 0.435 e. The van der Waals surface area contributed by atoms with Crippen molar-refractivity contribution in [1.82, 2.24) is 5.06 Å². The average molecular weight is 586 g/mol. The van der Waals surface area contributed by atoms with Gasteiger partial charge in [0.15, 0.2) is 0 Å². The number of hydroxylamine groups is 2. The molecule has 2 bridgehead atoms. The number of benzene rings is 3. The first-order valence-corrected chi connectivity index (χ1v) is 18.1. The molecule has 7 heteroatoms. The Morgan fingerprint density at radius 3 is 1.86 bits per heavy atom. The van der Waals surface area contributed by atoms with E-state index in [2.05, 4.69) is 73.8 Å². The summed E-state index contributed by atoms with van der Waals surface area (Å²) >= 11 is 0. The van der Waals surface area contributed by atoms with Crippen LogP contribution in [0.2, 0.25) is 19.1 Å². The predicted molar refractivity (Wildman–Crippen MR) is 168 cm³/mol. The fourth-order valence-electron chi connectivity index (χ4n) is 5.87. The van der Waals surface area contributed by atoms with Crippen molar-refractivity contribution in [1.29, 1.82) is 0 Å².